The molecule has 1 aromatic rings. The largest absolute Gasteiger partial charge is 0.481 e. The highest BCUT2D eigenvalue weighted by atomic mass is 16.5. The van der Waals surface area contributed by atoms with Gasteiger partial charge in [0.15, 0.2) is 0 Å². The van der Waals surface area contributed by atoms with Crippen LogP contribution in [-0.2, 0) is 0 Å². The molecule has 0 radical (unpaired) electrons. The fourth-order valence-corrected chi connectivity index (χ4v) is 2.54. The molecule has 0 saturated carbocycles. The first kappa shape index (κ1) is 12.3. The van der Waals surface area contributed by atoms with Crippen molar-refractivity contribution in [1.82, 2.24) is 9.88 Å². The lowest BCUT2D eigenvalue weighted by molar-refractivity contribution is 0.242. The van der Waals surface area contributed by atoms with Gasteiger partial charge in [-0.15, -0.1) is 0 Å². The zero-order valence-electron chi connectivity index (χ0n) is 10.6. The highest BCUT2D eigenvalue weighted by molar-refractivity contribution is 5.20. The SMILES string of the molecule is CCCN1CCC(N)C1c1cccc(OC)n1. The number of hydrogen-bond donors (Lipinski definition) is 1. The van der Waals surface area contributed by atoms with Crippen molar-refractivity contribution in [3.63, 3.8) is 0 Å². The first-order valence-electron chi connectivity index (χ1n) is 6.26. The third-order valence-electron chi connectivity index (χ3n) is 3.32. The van der Waals surface area contributed by atoms with Crippen LogP contribution in [-0.4, -0.2) is 36.1 Å². The van der Waals surface area contributed by atoms with Gasteiger partial charge >= 0.3 is 0 Å². The molecule has 4 heteroatoms. The smallest absolute Gasteiger partial charge is 0.213 e. The second kappa shape index (κ2) is 5.47. The van der Waals surface area contributed by atoms with E-state index in [9.17, 15) is 0 Å². The number of rotatable bonds is 4. The molecule has 2 unspecified atom stereocenters. The lowest BCUT2D eigenvalue weighted by atomic mass is 10.1. The van der Waals surface area contributed by atoms with Gasteiger partial charge in [0.1, 0.15) is 0 Å². The molecule has 94 valence electrons. The van der Waals surface area contributed by atoms with E-state index in [0.717, 1.165) is 31.6 Å². The van der Waals surface area contributed by atoms with E-state index < -0.39 is 0 Å². The number of methoxy groups -OCH3 is 1. The summed E-state index contributed by atoms with van der Waals surface area (Å²) >= 11 is 0. The average Bonchev–Trinajstić information content (AvgIpc) is 2.71. The molecule has 17 heavy (non-hydrogen) atoms. The van der Waals surface area contributed by atoms with E-state index in [1.54, 1.807) is 7.11 Å². The Kier molecular flexibility index (Phi) is 3.97. The first-order chi connectivity index (χ1) is 8.26. The average molecular weight is 235 g/mol. The molecule has 0 amide bonds. The minimum atomic E-state index is 0.182. The molecular formula is C13H21N3O. The van der Waals surface area contributed by atoms with Crippen LogP contribution in [0.15, 0.2) is 18.2 Å². The Morgan fingerprint density at radius 2 is 2.35 bits per heavy atom. The van der Waals surface area contributed by atoms with Crippen molar-refractivity contribution in [3.05, 3.63) is 23.9 Å². The fraction of sp³-hybridized carbons (Fsp3) is 0.615. The van der Waals surface area contributed by atoms with Crippen LogP contribution in [0, 0.1) is 0 Å². The molecule has 2 rings (SSSR count). The zero-order chi connectivity index (χ0) is 12.3. The summed E-state index contributed by atoms with van der Waals surface area (Å²) in [5.74, 6) is 0.665. The van der Waals surface area contributed by atoms with Gasteiger partial charge in [0.25, 0.3) is 0 Å². The summed E-state index contributed by atoms with van der Waals surface area (Å²) in [4.78, 5) is 6.94. The number of hydrogen-bond acceptors (Lipinski definition) is 4. The Morgan fingerprint density at radius 1 is 1.53 bits per heavy atom. The first-order valence-corrected chi connectivity index (χ1v) is 6.26. The van der Waals surface area contributed by atoms with Gasteiger partial charge in [-0.25, -0.2) is 4.98 Å². The monoisotopic (exact) mass is 235 g/mol. The minimum absolute atomic E-state index is 0.182. The molecular weight excluding hydrogens is 214 g/mol. The van der Waals surface area contributed by atoms with Crippen LogP contribution in [0.5, 0.6) is 5.88 Å². The molecule has 2 atom stereocenters. The maximum Gasteiger partial charge on any atom is 0.213 e. The highest BCUT2D eigenvalue weighted by Crippen LogP contribution is 2.30. The number of nitrogens with two attached hydrogens (primary N) is 1. The Labute approximate surface area is 103 Å². The second-order valence-corrected chi connectivity index (χ2v) is 4.54. The molecule has 1 aromatic heterocycles. The summed E-state index contributed by atoms with van der Waals surface area (Å²) in [5.41, 5.74) is 7.23. The topological polar surface area (TPSA) is 51.4 Å². The molecule has 0 spiro atoms. The molecule has 4 nitrogen and oxygen atoms in total. The van der Waals surface area contributed by atoms with Gasteiger partial charge in [-0.3, -0.25) is 4.90 Å². The maximum absolute atomic E-state index is 6.20. The number of nitrogens with zero attached hydrogens (tertiary/aromatic N) is 2. The van der Waals surface area contributed by atoms with Gasteiger partial charge in [-0.2, -0.15) is 0 Å². The lowest BCUT2D eigenvalue weighted by Crippen LogP contribution is -2.32. The second-order valence-electron chi connectivity index (χ2n) is 4.54. The van der Waals surface area contributed by atoms with Crippen molar-refractivity contribution >= 4 is 0 Å². The number of ether oxygens (including phenoxy) is 1. The summed E-state index contributed by atoms with van der Waals surface area (Å²) in [7, 11) is 1.64. The molecule has 1 saturated heterocycles. The summed E-state index contributed by atoms with van der Waals surface area (Å²) in [5, 5.41) is 0. The van der Waals surface area contributed by atoms with Gasteiger partial charge in [-0.05, 0) is 25.5 Å². The van der Waals surface area contributed by atoms with E-state index in [4.69, 9.17) is 10.5 Å². The molecule has 1 aliphatic rings. The number of aromatic nitrogens is 1. The third kappa shape index (κ3) is 2.58. The highest BCUT2D eigenvalue weighted by Gasteiger charge is 2.33. The molecule has 2 N–H and O–H groups in total. The number of pyridine rings is 1. The van der Waals surface area contributed by atoms with Crippen LogP contribution in [0.1, 0.15) is 31.5 Å². The van der Waals surface area contributed by atoms with Crippen LogP contribution in [0.4, 0.5) is 0 Å². The van der Waals surface area contributed by atoms with E-state index in [2.05, 4.69) is 16.8 Å². The Balaban J connectivity index is 2.22. The lowest BCUT2D eigenvalue weighted by Gasteiger charge is -2.25. The van der Waals surface area contributed by atoms with Crippen molar-refractivity contribution in [2.75, 3.05) is 20.2 Å². The summed E-state index contributed by atoms with van der Waals surface area (Å²) < 4.78 is 5.17. The molecule has 0 bridgehead atoms. The Hall–Kier alpha value is -1.13. The Morgan fingerprint density at radius 3 is 3.06 bits per heavy atom. The van der Waals surface area contributed by atoms with Crippen molar-refractivity contribution in [1.29, 1.82) is 0 Å². The molecule has 1 aliphatic heterocycles. The summed E-state index contributed by atoms with van der Waals surface area (Å²) in [6.45, 7) is 4.34. The van der Waals surface area contributed by atoms with Crippen molar-refractivity contribution < 1.29 is 4.74 Å². The van der Waals surface area contributed by atoms with Crippen LogP contribution in [0.2, 0.25) is 0 Å². The van der Waals surface area contributed by atoms with Crippen LogP contribution < -0.4 is 10.5 Å². The zero-order valence-corrected chi connectivity index (χ0v) is 10.6. The molecule has 0 aliphatic carbocycles. The van der Waals surface area contributed by atoms with Gasteiger partial charge in [-0.1, -0.05) is 13.0 Å². The van der Waals surface area contributed by atoms with Gasteiger partial charge < -0.3 is 10.5 Å². The predicted octanol–water partition coefficient (Wildman–Crippen LogP) is 1.57. The normalized spacial score (nSPS) is 25.1. The van der Waals surface area contributed by atoms with E-state index in [0.29, 0.717) is 5.88 Å². The number of likely N-dealkylation sites (tertiary alicyclic amines) is 1. The van der Waals surface area contributed by atoms with E-state index in [1.165, 1.54) is 0 Å². The molecule has 0 aromatic carbocycles. The van der Waals surface area contributed by atoms with Crippen molar-refractivity contribution in [2.24, 2.45) is 5.73 Å². The van der Waals surface area contributed by atoms with Gasteiger partial charge in [0.2, 0.25) is 5.88 Å². The predicted molar refractivity (Wildman–Crippen MR) is 68.0 cm³/mol. The third-order valence-corrected chi connectivity index (χ3v) is 3.32. The summed E-state index contributed by atoms with van der Waals surface area (Å²) in [6.07, 6.45) is 2.19. The fourth-order valence-electron chi connectivity index (χ4n) is 2.54. The quantitative estimate of drug-likeness (QED) is 0.860. The van der Waals surface area contributed by atoms with E-state index in [-0.39, 0.29) is 12.1 Å². The molecule has 1 fully saturated rings. The Bertz CT molecular complexity index is 367. The van der Waals surface area contributed by atoms with Crippen molar-refractivity contribution in [2.45, 2.75) is 31.8 Å². The minimum Gasteiger partial charge on any atom is -0.481 e. The maximum atomic E-state index is 6.20. The molecule has 2 heterocycles. The standard InChI is InChI=1S/C13H21N3O/c1-3-8-16-9-7-10(14)13(16)11-5-4-6-12(15-11)17-2/h4-6,10,13H,3,7-9,14H2,1-2H3. The van der Waals surface area contributed by atoms with Crippen LogP contribution >= 0.6 is 0 Å². The van der Waals surface area contributed by atoms with Gasteiger partial charge in [0, 0.05) is 18.7 Å². The van der Waals surface area contributed by atoms with E-state index >= 15 is 0 Å². The van der Waals surface area contributed by atoms with Gasteiger partial charge in [0.05, 0.1) is 18.8 Å². The van der Waals surface area contributed by atoms with Crippen LogP contribution in [0.3, 0.4) is 0 Å². The summed E-state index contributed by atoms with van der Waals surface area (Å²) in [6, 6.07) is 6.32. The van der Waals surface area contributed by atoms with Crippen LogP contribution in [0.25, 0.3) is 0 Å². The van der Waals surface area contributed by atoms with E-state index in [1.807, 2.05) is 18.2 Å². The van der Waals surface area contributed by atoms with Crippen molar-refractivity contribution in [3.8, 4) is 5.88 Å².